The number of carbonyl (C=O) groups is 1. The van der Waals surface area contributed by atoms with Gasteiger partial charge in [-0.3, -0.25) is 4.79 Å². The van der Waals surface area contributed by atoms with Gasteiger partial charge >= 0.3 is 0 Å². The normalized spacial score (nSPS) is 19.5. The van der Waals surface area contributed by atoms with Crippen LogP contribution in [-0.4, -0.2) is 43.5 Å². The largest absolute Gasteiger partial charge is 0.356 e. The second kappa shape index (κ2) is 10.2. The zero-order valence-corrected chi connectivity index (χ0v) is 14.2. The molecule has 2 atom stereocenters. The molecule has 1 saturated heterocycles. The molecule has 2 unspecified atom stereocenters. The molecule has 1 rings (SSSR count). The number of hydrogen-bond donors (Lipinski definition) is 2. The molecule has 0 aromatic rings. The number of carbonyl (C=O) groups excluding carboxylic acids is 1. The smallest absolute Gasteiger partial charge is 0.220 e. The number of nitrogens with two attached hydrogens (primary N) is 1. The summed E-state index contributed by atoms with van der Waals surface area (Å²) < 4.78 is 0. The first-order chi connectivity index (χ1) is 10.0. The summed E-state index contributed by atoms with van der Waals surface area (Å²) in [6.07, 6.45) is 5.63. The van der Waals surface area contributed by atoms with Crippen molar-refractivity contribution < 1.29 is 4.79 Å². The van der Waals surface area contributed by atoms with Crippen molar-refractivity contribution in [1.29, 1.82) is 0 Å². The van der Waals surface area contributed by atoms with Crippen molar-refractivity contribution in [1.82, 2.24) is 10.2 Å². The third-order valence-corrected chi connectivity index (χ3v) is 4.28. The quantitative estimate of drug-likeness (QED) is 0.686. The number of nitrogens with zero attached hydrogens (tertiary/aromatic N) is 1. The molecule has 4 nitrogen and oxygen atoms in total. The Kier molecular flexibility index (Phi) is 8.93. The molecule has 124 valence electrons. The lowest BCUT2D eigenvalue weighted by Gasteiger charge is -2.29. The van der Waals surface area contributed by atoms with Crippen LogP contribution < -0.4 is 11.1 Å². The number of likely N-dealkylation sites (tertiary alicyclic amines) is 1. The highest BCUT2D eigenvalue weighted by molar-refractivity contribution is 5.76. The highest BCUT2D eigenvalue weighted by Gasteiger charge is 2.16. The van der Waals surface area contributed by atoms with Crippen molar-refractivity contribution in [2.24, 2.45) is 23.5 Å². The van der Waals surface area contributed by atoms with Crippen LogP contribution in [-0.2, 0) is 4.79 Å². The first kappa shape index (κ1) is 18.4. The Hall–Kier alpha value is -0.610. The van der Waals surface area contributed by atoms with Gasteiger partial charge in [0.1, 0.15) is 0 Å². The van der Waals surface area contributed by atoms with Crippen LogP contribution in [0.3, 0.4) is 0 Å². The molecule has 3 N–H and O–H groups in total. The van der Waals surface area contributed by atoms with E-state index in [9.17, 15) is 4.79 Å². The highest BCUT2D eigenvalue weighted by atomic mass is 16.1. The molecule has 0 aliphatic carbocycles. The molecule has 0 bridgehead atoms. The summed E-state index contributed by atoms with van der Waals surface area (Å²) in [4.78, 5) is 14.5. The Morgan fingerprint density at radius 2 is 1.86 bits per heavy atom. The Morgan fingerprint density at radius 1 is 1.19 bits per heavy atom. The van der Waals surface area contributed by atoms with Gasteiger partial charge in [-0.15, -0.1) is 0 Å². The summed E-state index contributed by atoms with van der Waals surface area (Å²) >= 11 is 0. The molecule has 0 aromatic carbocycles. The lowest BCUT2D eigenvalue weighted by atomic mass is 9.94. The molecule has 4 heteroatoms. The highest BCUT2D eigenvalue weighted by Crippen LogP contribution is 2.14. The SMILES string of the molecule is CC(C)CC(CN)CC(=O)NCC(C)CN1CCCCC1. The minimum absolute atomic E-state index is 0.164. The maximum absolute atomic E-state index is 12.0. The molecule has 1 aliphatic heterocycles. The maximum atomic E-state index is 12.0. The first-order valence-corrected chi connectivity index (χ1v) is 8.70. The topological polar surface area (TPSA) is 58.4 Å². The Bertz CT molecular complexity index is 288. The predicted molar refractivity (Wildman–Crippen MR) is 89.1 cm³/mol. The fourth-order valence-corrected chi connectivity index (χ4v) is 3.20. The van der Waals surface area contributed by atoms with Gasteiger partial charge in [-0.05, 0) is 56.7 Å². The van der Waals surface area contributed by atoms with Crippen LogP contribution >= 0.6 is 0 Å². The second-order valence-corrected chi connectivity index (χ2v) is 7.21. The van der Waals surface area contributed by atoms with E-state index in [0.29, 0.717) is 30.7 Å². The van der Waals surface area contributed by atoms with Crippen LogP contribution in [0.5, 0.6) is 0 Å². The van der Waals surface area contributed by atoms with Crippen molar-refractivity contribution in [3.63, 3.8) is 0 Å². The predicted octanol–water partition coefficient (Wildman–Crippen LogP) is 2.24. The van der Waals surface area contributed by atoms with Crippen molar-refractivity contribution >= 4 is 5.91 Å². The van der Waals surface area contributed by atoms with Crippen LogP contribution in [0.25, 0.3) is 0 Å². The van der Waals surface area contributed by atoms with E-state index in [0.717, 1.165) is 19.5 Å². The van der Waals surface area contributed by atoms with Gasteiger partial charge in [-0.2, -0.15) is 0 Å². The molecule has 1 aliphatic rings. The Morgan fingerprint density at radius 3 is 2.43 bits per heavy atom. The summed E-state index contributed by atoms with van der Waals surface area (Å²) in [5, 5.41) is 3.09. The zero-order chi connectivity index (χ0) is 15.7. The molecule has 0 aromatic heterocycles. The first-order valence-electron chi connectivity index (χ1n) is 8.70. The Labute approximate surface area is 130 Å². The van der Waals surface area contributed by atoms with Crippen LogP contribution in [0, 0.1) is 17.8 Å². The molecule has 1 fully saturated rings. The van der Waals surface area contributed by atoms with Crippen molar-refractivity contribution in [2.45, 2.75) is 52.9 Å². The van der Waals surface area contributed by atoms with Gasteiger partial charge in [0.05, 0.1) is 0 Å². The number of amides is 1. The fourth-order valence-electron chi connectivity index (χ4n) is 3.20. The minimum atomic E-state index is 0.164. The van der Waals surface area contributed by atoms with Gasteiger partial charge in [0.25, 0.3) is 0 Å². The summed E-state index contributed by atoms with van der Waals surface area (Å²) in [7, 11) is 0. The summed E-state index contributed by atoms with van der Waals surface area (Å²) in [5.41, 5.74) is 5.76. The van der Waals surface area contributed by atoms with Gasteiger partial charge in [-0.25, -0.2) is 0 Å². The average Bonchev–Trinajstić information content (AvgIpc) is 2.45. The molecule has 0 spiro atoms. The van der Waals surface area contributed by atoms with Gasteiger partial charge in [0.15, 0.2) is 0 Å². The van der Waals surface area contributed by atoms with Gasteiger partial charge < -0.3 is 16.0 Å². The minimum Gasteiger partial charge on any atom is -0.356 e. The number of piperidine rings is 1. The average molecular weight is 297 g/mol. The Balaban J connectivity index is 2.18. The van der Waals surface area contributed by atoms with E-state index in [-0.39, 0.29) is 5.91 Å². The van der Waals surface area contributed by atoms with Gasteiger partial charge in [0.2, 0.25) is 5.91 Å². The van der Waals surface area contributed by atoms with E-state index < -0.39 is 0 Å². The summed E-state index contributed by atoms with van der Waals surface area (Å²) in [5.74, 6) is 1.61. The third-order valence-electron chi connectivity index (χ3n) is 4.28. The van der Waals surface area contributed by atoms with E-state index in [4.69, 9.17) is 5.73 Å². The molecule has 21 heavy (non-hydrogen) atoms. The van der Waals surface area contributed by atoms with E-state index >= 15 is 0 Å². The van der Waals surface area contributed by atoms with Crippen LogP contribution in [0.15, 0.2) is 0 Å². The van der Waals surface area contributed by atoms with Gasteiger partial charge in [0, 0.05) is 19.5 Å². The van der Waals surface area contributed by atoms with E-state index in [2.05, 4.69) is 31.0 Å². The molecular weight excluding hydrogens is 262 g/mol. The summed E-state index contributed by atoms with van der Waals surface area (Å²) in [6, 6.07) is 0. The van der Waals surface area contributed by atoms with Crippen LogP contribution in [0.4, 0.5) is 0 Å². The van der Waals surface area contributed by atoms with Crippen LogP contribution in [0.2, 0.25) is 0 Å². The zero-order valence-electron chi connectivity index (χ0n) is 14.2. The van der Waals surface area contributed by atoms with E-state index in [1.807, 2.05) is 0 Å². The fraction of sp³-hybridized carbons (Fsp3) is 0.941. The monoisotopic (exact) mass is 297 g/mol. The van der Waals surface area contributed by atoms with Crippen LogP contribution in [0.1, 0.15) is 52.9 Å². The second-order valence-electron chi connectivity index (χ2n) is 7.21. The van der Waals surface area contributed by atoms with Gasteiger partial charge in [-0.1, -0.05) is 27.2 Å². The standard InChI is InChI=1S/C17H35N3O/c1-14(2)9-16(11-18)10-17(21)19-12-15(3)13-20-7-5-4-6-8-20/h14-16H,4-13,18H2,1-3H3,(H,19,21). The lowest BCUT2D eigenvalue weighted by molar-refractivity contribution is -0.122. The third kappa shape index (κ3) is 8.42. The summed E-state index contributed by atoms with van der Waals surface area (Å²) in [6.45, 7) is 11.5. The maximum Gasteiger partial charge on any atom is 0.220 e. The van der Waals surface area contributed by atoms with Crippen molar-refractivity contribution in [3.05, 3.63) is 0 Å². The van der Waals surface area contributed by atoms with E-state index in [1.165, 1.54) is 32.4 Å². The number of nitrogens with one attached hydrogen (secondary N) is 1. The van der Waals surface area contributed by atoms with Crippen molar-refractivity contribution in [3.8, 4) is 0 Å². The lowest BCUT2D eigenvalue weighted by Crippen LogP contribution is -2.38. The molecule has 0 radical (unpaired) electrons. The molecular formula is C17H35N3O. The van der Waals surface area contributed by atoms with Crippen molar-refractivity contribution in [2.75, 3.05) is 32.7 Å². The molecule has 1 heterocycles. The molecule has 1 amide bonds. The number of hydrogen-bond acceptors (Lipinski definition) is 3. The number of rotatable bonds is 9. The molecule has 0 saturated carbocycles. The van der Waals surface area contributed by atoms with E-state index in [1.54, 1.807) is 0 Å².